The molecule has 1 aliphatic rings. The van der Waals surface area contributed by atoms with E-state index in [1.165, 1.54) is 51.9 Å². The molecular formula is C12H27N3. The summed E-state index contributed by atoms with van der Waals surface area (Å²) >= 11 is 0. The first kappa shape index (κ1) is 12.9. The molecule has 0 aromatic rings. The molecule has 1 unspecified atom stereocenters. The van der Waals surface area contributed by atoms with E-state index in [9.17, 15) is 0 Å². The Morgan fingerprint density at radius 2 is 2.07 bits per heavy atom. The van der Waals surface area contributed by atoms with Crippen molar-refractivity contribution in [3.05, 3.63) is 0 Å². The van der Waals surface area contributed by atoms with Crippen LogP contribution in [0.4, 0.5) is 0 Å². The fourth-order valence-electron chi connectivity index (χ4n) is 2.25. The van der Waals surface area contributed by atoms with E-state index in [1.54, 1.807) is 0 Å². The topological polar surface area (TPSA) is 18.5 Å². The van der Waals surface area contributed by atoms with E-state index in [4.69, 9.17) is 0 Å². The molecule has 0 aliphatic carbocycles. The van der Waals surface area contributed by atoms with Crippen LogP contribution in [0.3, 0.4) is 0 Å². The number of rotatable bonds is 7. The van der Waals surface area contributed by atoms with Gasteiger partial charge in [0, 0.05) is 12.6 Å². The Balaban J connectivity index is 1.99. The monoisotopic (exact) mass is 213 g/mol. The van der Waals surface area contributed by atoms with Crippen LogP contribution in [0.25, 0.3) is 0 Å². The third-order valence-electron chi connectivity index (χ3n) is 3.38. The third kappa shape index (κ3) is 4.96. The van der Waals surface area contributed by atoms with Crippen LogP contribution in [-0.4, -0.2) is 63.2 Å². The first-order valence-corrected chi connectivity index (χ1v) is 6.27. The molecule has 1 rings (SSSR count). The molecular weight excluding hydrogens is 186 g/mol. The van der Waals surface area contributed by atoms with Crippen molar-refractivity contribution in [2.45, 2.75) is 31.7 Å². The molecule has 0 aromatic carbocycles. The molecule has 0 spiro atoms. The number of unbranched alkanes of at least 4 members (excludes halogenated alkanes) is 2. The summed E-state index contributed by atoms with van der Waals surface area (Å²) in [4.78, 5) is 4.98. The smallest absolute Gasteiger partial charge is 0.0229 e. The van der Waals surface area contributed by atoms with Crippen molar-refractivity contribution in [2.24, 2.45) is 0 Å². The highest BCUT2D eigenvalue weighted by Gasteiger charge is 2.22. The van der Waals surface area contributed by atoms with Gasteiger partial charge in [0.25, 0.3) is 0 Å². The SMILES string of the molecule is CNCCCCCN1CCC(N(C)C)C1. The highest BCUT2D eigenvalue weighted by molar-refractivity contribution is 4.80. The Kier molecular flexibility index (Phi) is 6.22. The molecule has 1 aliphatic heterocycles. The van der Waals surface area contributed by atoms with Crippen molar-refractivity contribution < 1.29 is 0 Å². The normalized spacial score (nSPS) is 22.8. The molecule has 0 aromatic heterocycles. The van der Waals surface area contributed by atoms with E-state index >= 15 is 0 Å². The van der Waals surface area contributed by atoms with Gasteiger partial charge in [0.1, 0.15) is 0 Å². The molecule has 0 radical (unpaired) electrons. The van der Waals surface area contributed by atoms with Crippen molar-refractivity contribution in [1.82, 2.24) is 15.1 Å². The average Bonchev–Trinajstić information content (AvgIpc) is 2.66. The third-order valence-corrected chi connectivity index (χ3v) is 3.38. The predicted molar refractivity (Wildman–Crippen MR) is 66.3 cm³/mol. The van der Waals surface area contributed by atoms with Crippen molar-refractivity contribution in [3.8, 4) is 0 Å². The molecule has 3 nitrogen and oxygen atoms in total. The zero-order chi connectivity index (χ0) is 11.1. The zero-order valence-corrected chi connectivity index (χ0v) is 10.6. The maximum absolute atomic E-state index is 3.20. The average molecular weight is 213 g/mol. The van der Waals surface area contributed by atoms with Crippen LogP contribution in [0.15, 0.2) is 0 Å². The molecule has 90 valence electrons. The second kappa shape index (κ2) is 7.20. The molecule has 3 heteroatoms. The largest absolute Gasteiger partial charge is 0.320 e. The van der Waals surface area contributed by atoms with Gasteiger partial charge in [-0.05, 0) is 60.0 Å². The van der Waals surface area contributed by atoms with Gasteiger partial charge in [-0.1, -0.05) is 6.42 Å². The summed E-state index contributed by atoms with van der Waals surface area (Å²) in [6, 6.07) is 0.794. The zero-order valence-electron chi connectivity index (χ0n) is 10.6. The summed E-state index contributed by atoms with van der Waals surface area (Å²) in [6.07, 6.45) is 5.40. The van der Waals surface area contributed by atoms with Crippen LogP contribution in [0, 0.1) is 0 Å². The van der Waals surface area contributed by atoms with Gasteiger partial charge in [-0.3, -0.25) is 0 Å². The van der Waals surface area contributed by atoms with Gasteiger partial charge in [-0.25, -0.2) is 0 Å². The van der Waals surface area contributed by atoms with Crippen LogP contribution in [0.1, 0.15) is 25.7 Å². The Bertz CT molecular complexity index is 159. The fraction of sp³-hybridized carbons (Fsp3) is 1.00. The van der Waals surface area contributed by atoms with E-state index in [0.717, 1.165) is 6.04 Å². The summed E-state index contributed by atoms with van der Waals surface area (Å²) < 4.78 is 0. The van der Waals surface area contributed by atoms with Crippen LogP contribution in [-0.2, 0) is 0 Å². The van der Waals surface area contributed by atoms with Crippen molar-refractivity contribution in [2.75, 3.05) is 47.3 Å². The maximum atomic E-state index is 3.20. The summed E-state index contributed by atoms with van der Waals surface area (Å²) in [5.41, 5.74) is 0. The van der Waals surface area contributed by atoms with E-state index < -0.39 is 0 Å². The lowest BCUT2D eigenvalue weighted by atomic mass is 10.2. The molecule has 1 fully saturated rings. The highest BCUT2D eigenvalue weighted by atomic mass is 15.2. The predicted octanol–water partition coefficient (Wildman–Crippen LogP) is 1.01. The molecule has 1 saturated heterocycles. The lowest BCUT2D eigenvalue weighted by Gasteiger charge is -2.20. The Morgan fingerprint density at radius 3 is 2.67 bits per heavy atom. The molecule has 1 heterocycles. The lowest BCUT2D eigenvalue weighted by Crippen LogP contribution is -2.31. The van der Waals surface area contributed by atoms with Gasteiger partial charge in [-0.2, -0.15) is 0 Å². The Morgan fingerprint density at radius 1 is 1.27 bits per heavy atom. The number of likely N-dealkylation sites (N-methyl/N-ethyl adjacent to an activating group) is 1. The molecule has 1 atom stereocenters. The number of likely N-dealkylation sites (tertiary alicyclic amines) is 1. The van der Waals surface area contributed by atoms with E-state index in [0.29, 0.717) is 0 Å². The molecule has 0 saturated carbocycles. The minimum absolute atomic E-state index is 0.794. The first-order valence-electron chi connectivity index (χ1n) is 6.27. The van der Waals surface area contributed by atoms with Gasteiger partial charge < -0.3 is 15.1 Å². The fourth-order valence-corrected chi connectivity index (χ4v) is 2.25. The Labute approximate surface area is 94.8 Å². The van der Waals surface area contributed by atoms with Gasteiger partial charge >= 0.3 is 0 Å². The van der Waals surface area contributed by atoms with Crippen molar-refractivity contribution >= 4 is 0 Å². The van der Waals surface area contributed by atoms with Crippen LogP contribution >= 0.6 is 0 Å². The number of hydrogen-bond acceptors (Lipinski definition) is 3. The molecule has 15 heavy (non-hydrogen) atoms. The molecule has 0 amide bonds. The number of nitrogens with zero attached hydrogens (tertiary/aromatic N) is 2. The summed E-state index contributed by atoms with van der Waals surface area (Å²) in [7, 11) is 6.42. The van der Waals surface area contributed by atoms with Crippen LogP contribution in [0.2, 0.25) is 0 Å². The summed E-state index contributed by atoms with van der Waals surface area (Å²) in [6.45, 7) is 5.04. The summed E-state index contributed by atoms with van der Waals surface area (Å²) in [5.74, 6) is 0. The second-order valence-electron chi connectivity index (χ2n) is 4.87. The summed E-state index contributed by atoms with van der Waals surface area (Å²) in [5, 5.41) is 3.20. The van der Waals surface area contributed by atoms with E-state index in [1.807, 2.05) is 7.05 Å². The quantitative estimate of drug-likeness (QED) is 0.637. The number of nitrogens with one attached hydrogen (secondary N) is 1. The molecule has 1 N–H and O–H groups in total. The van der Waals surface area contributed by atoms with E-state index in [2.05, 4.69) is 29.2 Å². The first-order chi connectivity index (χ1) is 7.24. The second-order valence-corrected chi connectivity index (χ2v) is 4.87. The highest BCUT2D eigenvalue weighted by Crippen LogP contribution is 2.13. The molecule has 0 bridgehead atoms. The van der Waals surface area contributed by atoms with Crippen LogP contribution in [0.5, 0.6) is 0 Å². The lowest BCUT2D eigenvalue weighted by molar-refractivity contribution is 0.265. The van der Waals surface area contributed by atoms with Gasteiger partial charge in [0.2, 0.25) is 0 Å². The minimum atomic E-state index is 0.794. The van der Waals surface area contributed by atoms with Crippen LogP contribution < -0.4 is 5.32 Å². The van der Waals surface area contributed by atoms with Gasteiger partial charge in [0.15, 0.2) is 0 Å². The van der Waals surface area contributed by atoms with Crippen molar-refractivity contribution in [3.63, 3.8) is 0 Å². The standard InChI is InChI=1S/C12H27N3/c1-13-8-5-4-6-9-15-10-7-12(11-15)14(2)3/h12-13H,4-11H2,1-3H3. The Hall–Kier alpha value is -0.120. The van der Waals surface area contributed by atoms with E-state index in [-0.39, 0.29) is 0 Å². The number of hydrogen-bond donors (Lipinski definition) is 1. The minimum Gasteiger partial charge on any atom is -0.320 e. The van der Waals surface area contributed by atoms with Gasteiger partial charge in [0.05, 0.1) is 0 Å². The maximum Gasteiger partial charge on any atom is 0.0229 e. The van der Waals surface area contributed by atoms with Gasteiger partial charge in [-0.15, -0.1) is 0 Å². The van der Waals surface area contributed by atoms with Crippen molar-refractivity contribution in [1.29, 1.82) is 0 Å².